The van der Waals surface area contributed by atoms with E-state index in [0.29, 0.717) is 16.6 Å². The monoisotopic (exact) mass is 297 g/mol. The highest BCUT2D eigenvalue weighted by Crippen LogP contribution is 2.29. The van der Waals surface area contributed by atoms with Gasteiger partial charge in [0.05, 0.1) is 5.92 Å². The second-order valence-corrected chi connectivity index (χ2v) is 5.97. The lowest BCUT2D eigenvalue weighted by Crippen LogP contribution is -2.48. The molecule has 1 aromatic rings. The minimum Gasteiger partial charge on any atom is -0.382 e. The molecule has 1 aromatic heterocycles. The zero-order valence-corrected chi connectivity index (χ0v) is 12.4. The van der Waals surface area contributed by atoms with Crippen LogP contribution in [0.5, 0.6) is 0 Å². The molecule has 8 heteroatoms. The minimum atomic E-state index is -0.358. The summed E-state index contributed by atoms with van der Waals surface area (Å²) >= 11 is 1.22. The van der Waals surface area contributed by atoms with Crippen LogP contribution in [0, 0.1) is 5.92 Å². The van der Waals surface area contributed by atoms with Crippen LogP contribution in [0.4, 0.5) is 10.9 Å². The van der Waals surface area contributed by atoms with Crippen molar-refractivity contribution in [2.75, 3.05) is 24.6 Å². The van der Waals surface area contributed by atoms with Crippen LogP contribution in [0.25, 0.3) is 0 Å². The minimum absolute atomic E-state index is 0.0673. The molecule has 2 heterocycles. The molecule has 2 atom stereocenters. The average molecular weight is 297 g/mol. The Hall–Kier alpha value is -1.83. The highest BCUT2D eigenvalue weighted by atomic mass is 32.1. The molecule has 7 nitrogen and oxygen atoms in total. The van der Waals surface area contributed by atoms with Crippen LogP contribution in [0.15, 0.2) is 0 Å². The summed E-state index contributed by atoms with van der Waals surface area (Å²) in [6.45, 7) is 2.31. The average Bonchev–Trinajstić information content (AvgIpc) is 2.79. The Balaban J connectivity index is 2.21. The number of piperidine rings is 1. The fourth-order valence-electron chi connectivity index (χ4n) is 2.34. The molecule has 0 spiro atoms. The highest BCUT2D eigenvalue weighted by molar-refractivity contribution is 7.18. The number of likely N-dealkylation sites (tertiary alicyclic amines) is 1. The summed E-state index contributed by atoms with van der Waals surface area (Å²) in [5.74, 6) is -0.603. The highest BCUT2D eigenvalue weighted by Gasteiger charge is 2.33. The number of carbonyl (C=O) groups excluding carboxylic acids is 2. The van der Waals surface area contributed by atoms with Gasteiger partial charge in [-0.3, -0.25) is 9.59 Å². The third-order valence-electron chi connectivity index (χ3n) is 3.61. The molecule has 0 bridgehead atoms. The van der Waals surface area contributed by atoms with Gasteiger partial charge in [-0.05, 0) is 19.8 Å². The first-order valence-electron chi connectivity index (χ1n) is 6.48. The number of nitrogens with zero attached hydrogens (tertiary/aromatic N) is 2. The van der Waals surface area contributed by atoms with Crippen molar-refractivity contribution in [3.05, 3.63) is 4.88 Å². The molecule has 0 saturated carbocycles. The van der Waals surface area contributed by atoms with Gasteiger partial charge < -0.3 is 21.7 Å². The van der Waals surface area contributed by atoms with E-state index in [0.717, 1.165) is 12.8 Å². The van der Waals surface area contributed by atoms with Crippen LogP contribution in [0.3, 0.4) is 0 Å². The van der Waals surface area contributed by atoms with Crippen molar-refractivity contribution in [1.82, 2.24) is 9.88 Å². The van der Waals surface area contributed by atoms with E-state index < -0.39 is 0 Å². The SMILES string of the molecule is CNc1nc(N)c(C(=O)N2CC(C(N)=O)CCC2C)s1. The van der Waals surface area contributed by atoms with Crippen molar-refractivity contribution in [3.8, 4) is 0 Å². The third kappa shape index (κ3) is 2.69. The number of hydrogen-bond acceptors (Lipinski definition) is 6. The van der Waals surface area contributed by atoms with Crippen LogP contribution in [-0.2, 0) is 4.79 Å². The van der Waals surface area contributed by atoms with Gasteiger partial charge >= 0.3 is 0 Å². The number of nitrogen functional groups attached to an aromatic ring is 1. The zero-order chi connectivity index (χ0) is 14.9. The number of carbonyl (C=O) groups is 2. The van der Waals surface area contributed by atoms with E-state index in [2.05, 4.69) is 10.3 Å². The molecular weight excluding hydrogens is 278 g/mol. The fourth-order valence-corrected chi connectivity index (χ4v) is 3.14. The molecule has 2 rings (SSSR count). The number of thiazole rings is 1. The maximum atomic E-state index is 12.6. The van der Waals surface area contributed by atoms with Crippen molar-refractivity contribution in [1.29, 1.82) is 0 Å². The molecule has 1 fully saturated rings. The molecule has 0 aromatic carbocycles. The Morgan fingerprint density at radius 2 is 2.15 bits per heavy atom. The Labute approximate surface area is 121 Å². The first-order valence-corrected chi connectivity index (χ1v) is 7.30. The largest absolute Gasteiger partial charge is 0.382 e. The number of primary amides is 1. The second kappa shape index (κ2) is 5.66. The normalized spacial score (nSPS) is 22.6. The van der Waals surface area contributed by atoms with Crippen LogP contribution >= 0.6 is 11.3 Å². The lowest BCUT2D eigenvalue weighted by molar-refractivity contribution is -0.123. The fraction of sp³-hybridized carbons (Fsp3) is 0.583. The molecule has 1 aliphatic rings. The smallest absolute Gasteiger partial charge is 0.268 e. The molecule has 0 radical (unpaired) electrons. The van der Waals surface area contributed by atoms with E-state index in [-0.39, 0.29) is 29.6 Å². The predicted molar refractivity (Wildman–Crippen MR) is 78.5 cm³/mol. The molecule has 1 aliphatic heterocycles. The van der Waals surface area contributed by atoms with Gasteiger partial charge in [0.1, 0.15) is 10.7 Å². The number of rotatable bonds is 3. The Bertz CT molecular complexity index is 530. The maximum absolute atomic E-state index is 12.6. The third-order valence-corrected chi connectivity index (χ3v) is 4.68. The molecule has 5 N–H and O–H groups in total. The van der Waals surface area contributed by atoms with Gasteiger partial charge in [0.25, 0.3) is 5.91 Å². The molecule has 1 saturated heterocycles. The van der Waals surface area contributed by atoms with Gasteiger partial charge in [-0.25, -0.2) is 4.98 Å². The summed E-state index contributed by atoms with van der Waals surface area (Å²) in [4.78, 5) is 30.0. The molecule has 0 aliphatic carbocycles. The Morgan fingerprint density at radius 1 is 1.45 bits per heavy atom. The van der Waals surface area contributed by atoms with Gasteiger partial charge in [-0.15, -0.1) is 0 Å². The standard InChI is InChI=1S/C12H19N5O2S/c1-6-3-4-7(10(14)18)5-17(6)11(19)8-9(13)16-12(15-2)20-8/h6-7H,3-5,13H2,1-2H3,(H2,14,18)(H,15,16). The number of anilines is 2. The summed E-state index contributed by atoms with van der Waals surface area (Å²) in [5.41, 5.74) is 11.1. The summed E-state index contributed by atoms with van der Waals surface area (Å²) in [6.07, 6.45) is 1.48. The van der Waals surface area contributed by atoms with Crippen molar-refractivity contribution in [2.24, 2.45) is 11.7 Å². The van der Waals surface area contributed by atoms with Crippen LogP contribution in [0.2, 0.25) is 0 Å². The Kier molecular flexibility index (Phi) is 4.12. The first-order chi connectivity index (χ1) is 9.43. The van der Waals surface area contributed by atoms with Crippen molar-refractivity contribution in [3.63, 3.8) is 0 Å². The molecular formula is C12H19N5O2S. The molecule has 110 valence electrons. The number of aromatic nitrogens is 1. The van der Waals surface area contributed by atoms with Gasteiger partial charge in [0.2, 0.25) is 5.91 Å². The quantitative estimate of drug-likeness (QED) is 0.751. The van der Waals surface area contributed by atoms with Gasteiger partial charge in [-0.2, -0.15) is 0 Å². The maximum Gasteiger partial charge on any atom is 0.268 e. The van der Waals surface area contributed by atoms with E-state index in [9.17, 15) is 9.59 Å². The van der Waals surface area contributed by atoms with Gasteiger partial charge in [0, 0.05) is 19.6 Å². The van der Waals surface area contributed by atoms with E-state index in [1.165, 1.54) is 11.3 Å². The van der Waals surface area contributed by atoms with Gasteiger partial charge in [0.15, 0.2) is 5.13 Å². The van der Waals surface area contributed by atoms with Crippen molar-refractivity contribution < 1.29 is 9.59 Å². The summed E-state index contributed by atoms with van der Waals surface area (Å²) < 4.78 is 0. The van der Waals surface area contributed by atoms with E-state index in [1.54, 1.807) is 11.9 Å². The van der Waals surface area contributed by atoms with E-state index in [4.69, 9.17) is 11.5 Å². The summed E-state index contributed by atoms with van der Waals surface area (Å²) in [6, 6.07) is 0.0673. The van der Waals surface area contributed by atoms with Crippen LogP contribution in [-0.4, -0.2) is 41.3 Å². The first kappa shape index (κ1) is 14.6. The number of nitrogens with two attached hydrogens (primary N) is 2. The molecule has 20 heavy (non-hydrogen) atoms. The van der Waals surface area contributed by atoms with Gasteiger partial charge in [-0.1, -0.05) is 11.3 Å². The number of nitrogens with one attached hydrogen (secondary N) is 1. The summed E-state index contributed by atoms with van der Waals surface area (Å²) in [5, 5.41) is 3.47. The molecule has 2 unspecified atom stereocenters. The lowest BCUT2D eigenvalue weighted by atomic mass is 9.93. The van der Waals surface area contributed by atoms with E-state index in [1.807, 2.05) is 6.92 Å². The second-order valence-electron chi connectivity index (χ2n) is 4.97. The van der Waals surface area contributed by atoms with Crippen LogP contribution in [0.1, 0.15) is 29.4 Å². The number of amides is 2. The Morgan fingerprint density at radius 3 is 2.70 bits per heavy atom. The lowest BCUT2D eigenvalue weighted by Gasteiger charge is -2.36. The molecule has 2 amide bonds. The van der Waals surface area contributed by atoms with Crippen molar-refractivity contribution in [2.45, 2.75) is 25.8 Å². The topological polar surface area (TPSA) is 114 Å². The van der Waals surface area contributed by atoms with Crippen LogP contribution < -0.4 is 16.8 Å². The zero-order valence-electron chi connectivity index (χ0n) is 11.5. The van der Waals surface area contributed by atoms with Crippen molar-refractivity contribution >= 4 is 34.1 Å². The summed E-state index contributed by atoms with van der Waals surface area (Å²) in [7, 11) is 1.72. The number of hydrogen-bond donors (Lipinski definition) is 3. The van der Waals surface area contributed by atoms with E-state index >= 15 is 0 Å². The predicted octanol–water partition coefficient (Wildman–Crippen LogP) is 0.493.